The first-order chi connectivity index (χ1) is 9.79. The van der Waals surface area contributed by atoms with Gasteiger partial charge in [0.15, 0.2) is 0 Å². The molecule has 4 rings (SSSR count). The summed E-state index contributed by atoms with van der Waals surface area (Å²) in [6.45, 7) is 2.03. The summed E-state index contributed by atoms with van der Waals surface area (Å²) in [6.07, 6.45) is 3.22. The summed E-state index contributed by atoms with van der Waals surface area (Å²) >= 11 is 0. The van der Waals surface area contributed by atoms with Crippen molar-refractivity contribution in [2.24, 2.45) is 11.7 Å². The van der Waals surface area contributed by atoms with Crippen molar-refractivity contribution in [2.75, 3.05) is 0 Å². The van der Waals surface area contributed by atoms with Crippen molar-refractivity contribution in [2.45, 2.75) is 44.1 Å². The van der Waals surface area contributed by atoms with Crippen molar-refractivity contribution >= 4 is 0 Å². The van der Waals surface area contributed by atoms with Crippen LogP contribution in [0.1, 0.15) is 60.6 Å². The number of nitrogens with zero attached hydrogens (tertiary/aromatic N) is 2. The number of benzene rings is 1. The van der Waals surface area contributed by atoms with Gasteiger partial charge in [0.05, 0.1) is 6.04 Å². The van der Waals surface area contributed by atoms with E-state index in [0.717, 1.165) is 12.3 Å². The van der Waals surface area contributed by atoms with Gasteiger partial charge >= 0.3 is 0 Å². The molecule has 2 aliphatic carbocycles. The Kier molecular flexibility index (Phi) is 2.67. The highest BCUT2D eigenvalue weighted by Crippen LogP contribution is 2.64. The number of hydrogen-bond acceptors (Lipinski definition) is 4. The van der Waals surface area contributed by atoms with Crippen LogP contribution in [0, 0.1) is 5.92 Å². The van der Waals surface area contributed by atoms with Crippen molar-refractivity contribution in [3.05, 3.63) is 47.2 Å². The minimum atomic E-state index is -0.135. The zero-order valence-electron chi connectivity index (χ0n) is 11.6. The van der Waals surface area contributed by atoms with Gasteiger partial charge in [-0.05, 0) is 42.2 Å². The van der Waals surface area contributed by atoms with E-state index in [0.29, 0.717) is 23.6 Å². The van der Waals surface area contributed by atoms with E-state index in [4.69, 9.17) is 10.2 Å². The van der Waals surface area contributed by atoms with Gasteiger partial charge in [-0.2, -0.15) is 0 Å². The lowest BCUT2D eigenvalue weighted by molar-refractivity contribution is 0.408. The zero-order chi connectivity index (χ0) is 13.7. The smallest absolute Gasteiger partial charge is 0.233 e. The third kappa shape index (κ3) is 1.71. The number of aryl methyl sites for hydroxylation is 1. The Morgan fingerprint density at radius 3 is 3.00 bits per heavy atom. The number of fused-ring (bicyclic) bond motifs is 3. The molecule has 0 amide bonds. The van der Waals surface area contributed by atoms with Crippen molar-refractivity contribution < 1.29 is 4.42 Å². The first-order valence-electron chi connectivity index (χ1n) is 7.46. The summed E-state index contributed by atoms with van der Waals surface area (Å²) in [5.74, 6) is 3.03. The molecule has 4 nitrogen and oxygen atoms in total. The molecule has 4 unspecified atom stereocenters. The van der Waals surface area contributed by atoms with Crippen LogP contribution in [0.25, 0.3) is 0 Å². The van der Waals surface area contributed by atoms with Gasteiger partial charge in [-0.1, -0.05) is 31.2 Å². The van der Waals surface area contributed by atoms with E-state index in [1.165, 1.54) is 24.0 Å². The first kappa shape index (κ1) is 12.1. The Hall–Kier alpha value is -1.68. The summed E-state index contributed by atoms with van der Waals surface area (Å²) in [4.78, 5) is 0. The van der Waals surface area contributed by atoms with Crippen LogP contribution in [0.15, 0.2) is 28.7 Å². The number of hydrogen-bond donors (Lipinski definition) is 1. The van der Waals surface area contributed by atoms with Crippen molar-refractivity contribution in [1.82, 2.24) is 10.2 Å². The highest BCUT2D eigenvalue weighted by Gasteiger charge is 2.56. The van der Waals surface area contributed by atoms with Crippen LogP contribution in [0.5, 0.6) is 0 Å². The van der Waals surface area contributed by atoms with Gasteiger partial charge in [0, 0.05) is 5.92 Å². The second-order valence-corrected chi connectivity index (χ2v) is 5.95. The molecule has 1 aromatic heterocycles. The van der Waals surface area contributed by atoms with Crippen LogP contribution >= 0.6 is 0 Å². The van der Waals surface area contributed by atoms with Gasteiger partial charge in [-0.15, -0.1) is 10.2 Å². The van der Waals surface area contributed by atoms with Crippen molar-refractivity contribution in [1.29, 1.82) is 0 Å². The summed E-state index contributed by atoms with van der Waals surface area (Å²) in [5.41, 5.74) is 8.92. The van der Waals surface area contributed by atoms with Crippen LogP contribution in [-0.2, 0) is 6.42 Å². The molecule has 1 saturated carbocycles. The van der Waals surface area contributed by atoms with Gasteiger partial charge in [-0.25, -0.2) is 0 Å². The predicted molar refractivity (Wildman–Crippen MR) is 75.3 cm³/mol. The molecule has 2 N–H and O–H groups in total. The Morgan fingerprint density at radius 1 is 1.30 bits per heavy atom. The molecule has 0 radical (unpaired) electrons. The Morgan fingerprint density at radius 2 is 2.15 bits per heavy atom. The van der Waals surface area contributed by atoms with Gasteiger partial charge in [0.2, 0.25) is 11.8 Å². The fourth-order valence-electron chi connectivity index (χ4n) is 3.61. The van der Waals surface area contributed by atoms with E-state index >= 15 is 0 Å². The van der Waals surface area contributed by atoms with Crippen LogP contribution < -0.4 is 5.73 Å². The maximum atomic E-state index is 5.96. The lowest BCUT2D eigenvalue weighted by atomic mass is 9.92. The average Bonchev–Trinajstić information content (AvgIpc) is 3.04. The van der Waals surface area contributed by atoms with E-state index in [-0.39, 0.29) is 6.04 Å². The van der Waals surface area contributed by atoms with Gasteiger partial charge in [0.25, 0.3) is 0 Å². The van der Waals surface area contributed by atoms with Gasteiger partial charge in [0.1, 0.15) is 0 Å². The molecule has 0 spiro atoms. The van der Waals surface area contributed by atoms with E-state index in [1.807, 2.05) is 6.92 Å². The maximum Gasteiger partial charge on any atom is 0.233 e. The molecule has 4 atom stereocenters. The monoisotopic (exact) mass is 269 g/mol. The molecule has 2 aliphatic rings. The summed E-state index contributed by atoms with van der Waals surface area (Å²) in [6, 6.07) is 8.61. The molecule has 20 heavy (non-hydrogen) atoms. The molecule has 104 valence electrons. The molecule has 0 bridgehead atoms. The minimum absolute atomic E-state index is 0.135. The fraction of sp³-hybridized carbons (Fsp3) is 0.500. The van der Waals surface area contributed by atoms with Crippen LogP contribution in [0.3, 0.4) is 0 Å². The Bertz CT molecular complexity index is 636. The molecule has 2 aromatic rings. The molecule has 1 aromatic carbocycles. The van der Waals surface area contributed by atoms with Crippen LogP contribution in [0.4, 0.5) is 0 Å². The third-order valence-corrected chi connectivity index (χ3v) is 4.83. The predicted octanol–water partition coefficient (Wildman–Crippen LogP) is 2.92. The second kappa shape index (κ2) is 4.42. The lowest BCUT2D eigenvalue weighted by Crippen LogP contribution is -2.08. The quantitative estimate of drug-likeness (QED) is 0.930. The summed E-state index contributed by atoms with van der Waals surface area (Å²) in [5, 5.41) is 8.37. The normalized spacial score (nSPS) is 28.6. The second-order valence-electron chi connectivity index (χ2n) is 5.95. The summed E-state index contributed by atoms with van der Waals surface area (Å²) in [7, 11) is 0. The topological polar surface area (TPSA) is 64.9 Å². The van der Waals surface area contributed by atoms with Gasteiger partial charge < -0.3 is 10.2 Å². The highest BCUT2D eigenvalue weighted by atomic mass is 16.4. The lowest BCUT2D eigenvalue weighted by Gasteiger charge is -2.13. The standard InChI is InChI=1S/C16H19N3O/c1-2-12(17)15-18-19-16(20-15)14-11-8-7-9-5-3-4-6-10(9)13(11)14/h3-6,11-14H,2,7-8,17H2,1H3. The number of nitrogens with two attached hydrogens (primary N) is 1. The molecule has 1 heterocycles. The largest absolute Gasteiger partial charge is 0.423 e. The molecular formula is C16H19N3O. The summed E-state index contributed by atoms with van der Waals surface area (Å²) < 4.78 is 5.82. The average molecular weight is 269 g/mol. The van der Waals surface area contributed by atoms with Crippen molar-refractivity contribution in [3.63, 3.8) is 0 Å². The SMILES string of the molecule is CCC(N)c1nnc(C2C3CCc4ccccc4C32)o1. The van der Waals surface area contributed by atoms with E-state index in [2.05, 4.69) is 34.5 Å². The third-order valence-electron chi connectivity index (χ3n) is 4.83. The van der Waals surface area contributed by atoms with Crippen LogP contribution in [0.2, 0.25) is 0 Å². The fourth-order valence-corrected chi connectivity index (χ4v) is 3.61. The van der Waals surface area contributed by atoms with E-state index in [9.17, 15) is 0 Å². The Balaban J connectivity index is 1.62. The zero-order valence-corrected chi connectivity index (χ0v) is 11.6. The Labute approximate surface area is 118 Å². The van der Waals surface area contributed by atoms with E-state index < -0.39 is 0 Å². The van der Waals surface area contributed by atoms with Gasteiger partial charge in [-0.3, -0.25) is 0 Å². The molecule has 4 heteroatoms. The minimum Gasteiger partial charge on any atom is -0.423 e. The molecule has 0 aliphatic heterocycles. The highest BCUT2D eigenvalue weighted by molar-refractivity contribution is 5.42. The van der Waals surface area contributed by atoms with E-state index in [1.54, 1.807) is 0 Å². The van der Waals surface area contributed by atoms with Crippen LogP contribution in [-0.4, -0.2) is 10.2 Å². The molecular weight excluding hydrogens is 250 g/mol. The molecule has 1 fully saturated rings. The maximum absolute atomic E-state index is 5.96. The number of rotatable bonds is 3. The van der Waals surface area contributed by atoms with Crippen molar-refractivity contribution in [3.8, 4) is 0 Å². The number of aromatic nitrogens is 2. The molecule has 0 saturated heterocycles. The first-order valence-corrected chi connectivity index (χ1v) is 7.46.